The van der Waals surface area contributed by atoms with Crippen LogP contribution < -0.4 is 15.2 Å². The van der Waals surface area contributed by atoms with E-state index in [0.29, 0.717) is 12.1 Å². The van der Waals surface area contributed by atoms with Gasteiger partial charge in [-0.1, -0.05) is 54.6 Å². The Labute approximate surface area is 147 Å². The Morgan fingerprint density at radius 1 is 0.800 bits per heavy atom. The highest BCUT2D eigenvalue weighted by Crippen LogP contribution is 2.33. The van der Waals surface area contributed by atoms with Crippen LogP contribution in [0.4, 0.5) is 5.69 Å². The highest BCUT2D eigenvalue weighted by atomic mass is 16.7. The molecule has 124 valence electrons. The summed E-state index contributed by atoms with van der Waals surface area (Å²) in [6.07, 6.45) is 8.56. The normalized spacial score (nSPS) is 19.0. The van der Waals surface area contributed by atoms with E-state index in [4.69, 9.17) is 15.2 Å². The smallest absolute Gasteiger partial charge is 0.274 e. The molecule has 0 aliphatic heterocycles. The van der Waals surface area contributed by atoms with E-state index in [1.54, 1.807) is 0 Å². The van der Waals surface area contributed by atoms with Gasteiger partial charge < -0.3 is 15.2 Å². The molecule has 3 heteroatoms. The van der Waals surface area contributed by atoms with E-state index >= 15 is 0 Å². The first-order valence-corrected chi connectivity index (χ1v) is 8.30. The Balaban J connectivity index is 1.70. The summed E-state index contributed by atoms with van der Waals surface area (Å²) in [5.41, 5.74) is 6.47. The second-order valence-electron chi connectivity index (χ2n) is 6.05. The van der Waals surface area contributed by atoms with Gasteiger partial charge in [-0.2, -0.15) is 0 Å². The number of allylic oxidation sites excluding steroid dienone is 2. The predicted molar refractivity (Wildman–Crippen MR) is 102 cm³/mol. The van der Waals surface area contributed by atoms with Crippen LogP contribution in [0.5, 0.6) is 11.5 Å². The number of fused-ring (bicyclic) bond motifs is 1. The van der Waals surface area contributed by atoms with Gasteiger partial charge in [0.15, 0.2) is 0 Å². The molecule has 1 aliphatic carbocycles. The minimum atomic E-state index is -0.880. The number of ether oxygens (including phenoxy) is 2. The molecule has 0 heterocycles. The molecule has 0 saturated carbocycles. The highest BCUT2D eigenvalue weighted by molar-refractivity contribution is 5.88. The average Bonchev–Trinajstić information content (AvgIpc) is 2.65. The molecule has 0 radical (unpaired) electrons. The van der Waals surface area contributed by atoms with Gasteiger partial charge in [0.25, 0.3) is 5.79 Å². The molecule has 3 aromatic rings. The molecule has 2 N–H and O–H groups in total. The Hall–Kier alpha value is -3.20. The van der Waals surface area contributed by atoms with Gasteiger partial charge in [-0.05, 0) is 41.8 Å². The van der Waals surface area contributed by atoms with Gasteiger partial charge in [0.05, 0.1) is 0 Å². The first-order chi connectivity index (χ1) is 12.2. The van der Waals surface area contributed by atoms with Crippen molar-refractivity contribution in [1.29, 1.82) is 0 Å². The molecule has 0 bridgehead atoms. The summed E-state index contributed by atoms with van der Waals surface area (Å²) in [5.74, 6) is 0.637. The molecule has 1 aliphatic rings. The van der Waals surface area contributed by atoms with E-state index in [1.807, 2.05) is 72.8 Å². The number of hydrogen-bond acceptors (Lipinski definition) is 3. The maximum atomic E-state index is 6.40. The molecule has 3 nitrogen and oxygen atoms in total. The molecule has 0 amide bonds. The van der Waals surface area contributed by atoms with Crippen molar-refractivity contribution >= 4 is 16.5 Å². The van der Waals surface area contributed by atoms with Crippen LogP contribution in [0, 0.1) is 0 Å². The van der Waals surface area contributed by atoms with Gasteiger partial charge in [-0.25, -0.2) is 0 Å². The molecule has 3 aromatic carbocycles. The molecular weight excluding hydrogens is 310 g/mol. The average molecular weight is 329 g/mol. The van der Waals surface area contributed by atoms with E-state index < -0.39 is 5.79 Å². The number of hydrogen-bond donors (Lipinski definition) is 1. The van der Waals surface area contributed by atoms with Crippen LogP contribution in [0.3, 0.4) is 0 Å². The monoisotopic (exact) mass is 329 g/mol. The molecule has 1 atom stereocenters. The highest BCUT2D eigenvalue weighted by Gasteiger charge is 2.32. The zero-order valence-corrected chi connectivity index (χ0v) is 13.8. The zero-order valence-electron chi connectivity index (χ0n) is 13.8. The fraction of sp³-hybridized carbons (Fsp3) is 0.0909. The van der Waals surface area contributed by atoms with E-state index in [1.165, 1.54) is 0 Å². The molecule has 1 unspecified atom stereocenters. The fourth-order valence-electron chi connectivity index (χ4n) is 2.96. The Bertz CT molecular complexity index is 938. The van der Waals surface area contributed by atoms with Crippen molar-refractivity contribution in [2.24, 2.45) is 0 Å². The van der Waals surface area contributed by atoms with Crippen LogP contribution >= 0.6 is 0 Å². The summed E-state index contributed by atoms with van der Waals surface area (Å²) in [7, 11) is 0. The number of nitrogens with two attached hydrogens (primary N) is 1. The number of nitrogen functional groups attached to an aromatic ring is 1. The Morgan fingerprint density at radius 2 is 1.60 bits per heavy atom. The summed E-state index contributed by atoms with van der Waals surface area (Å²) in [5, 5.41) is 2.20. The van der Waals surface area contributed by atoms with E-state index in [2.05, 4.69) is 18.2 Å². The molecule has 0 aromatic heterocycles. The van der Waals surface area contributed by atoms with Crippen molar-refractivity contribution < 1.29 is 9.47 Å². The second kappa shape index (κ2) is 6.36. The molecule has 4 rings (SSSR count). The minimum Gasteiger partial charge on any atom is -0.448 e. The van der Waals surface area contributed by atoms with E-state index in [0.717, 1.165) is 22.3 Å². The third kappa shape index (κ3) is 3.22. The standard InChI is InChI=1S/C22H19NO2/c23-18-11-13-19(14-12-18)24-22(15-4-1-5-16-22)25-21-10-6-8-17-7-2-3-9-20(17)21/h1-15H,16,23H2. The van der Waals surface area contributed by atoms with Gasteiger partial charge in [0.2, 0.25) is 0 Å². The summed E-state index contributed by atoms with van der Waals surface area (Å²) in [6, 6.07) is 21.6. The van der Waals surface area contributed by atoms with Crippen LogP contribution in [-0.4, -0.2) is 5.79 Å². The third-order valence-electron chi connectivity index (χ3n) is 4.20. The van der Waals surface area contributed by atoms with E-state index in [-0.39, 0.29) is 0 Å². The van der Waals surface area contributed by atoms with Gasteiger partial charge in [0.1, 0.15) is 11.5 Å². The lowest BCUT2D eigenvalue weighted by atomic mass is 10.1. The number of benzene rings is 3. The van der Waals surface area contributed by atoms with Crippen molar-refractivity contribution in [2.45, 2.75) is 12.2 Å². The van der Waals surface area contributed by atoms with Crippen molar-refractivity contribution in [3.05, 3.63) is 91.0 Å². The van der Waals surface area contributed by atoms with Gasteiger partial charge in [0, 0.05) is 17.5 Å². The van der Waals surface area contributed by atoms with Crippen LogP contribution in [0.2, 0.25) is 0 Å². The molecule has 0 saturated heterocycles. The van der Waals surface area contributed by atoms with Crippen LogP contribution in [0.15, 0.2) is 91.0 Å². The maximum absolute atomic E-state index is 6.40. The summed E-state index contributed by atoms with van der Waals surface area (Å²) < 4.78 is 12.6. The van der Waals surface area contributed by atoms with Crippen LogP contribution in [-0.2, 0) is 0 Å². The lowest BCUT2D eigenvalue weighted by molar-refractivity contribution is -0.0677. The summed E-state index contributed by atoms with van der Waals surface area (Å²) in [6.45, 7) is 0. The van der Waals surface area contributed by atoms with Crippen LogP contribution in [0.25, 0.3) is 10.8 Å². The first-order valence-electron chi connectivity index (χ1n) is 8.30. The van der Waals surface area contributed by atoms with E-state index in [9.17, 15) is 0 Å². The lowest BCUT2D eigenvalue weighted by Crippen LogP contribution is -2.40. The van der Waals surface area contributed by atoms with Crippen molar-refractivity contribution in [2.75, 3.05) is 5.73 Å². The zero-order chi connectivity index (χ0) is 17.1. The number of anilines is 1. The summed E-state index contributed by atoms with van der Waals surface area (Å²) in [4.78, 5) is 0. The quantitative estimate of drug-likeness (QED) is 0.535. The first kappa shape index (κ1) is 15.3. The van der Waals surface area contributed by atoms with Gasteiger partial charge in [-0.15, -0.1) is 0 Å². The molecule has 25 heavy (non-hydrogen) atoms. The maximum Gasteiger partial charge on any atom is 0.274 e. The SMILES string of the molecule is Nc1ccc(OC2(Oc3cccc4ccccc34)C=CC=CC2)cc1. The van der Waals surface area contributed by atoms with Crippen molar-refractivity contribution in [3.8, 4) is 11.5 Å². The fourth-order valence-corrected chi connectivity index (χ4v) is 2.96. The second-order valence-corrected chi connectivity index (χ2v) is 6.05. The predicted octanol–water partition coefficient (Wildman–Crippen LogP) is 5.09. The molecule has 0 spiro atoms. The lowest BCUT2D eigenvalue weighted by Gasteiger charge is -2.33. The van der Waals surface area contributed by atoms with Crippen molar-refractivity contribution in [1.82, 2.24) is 0 Å². The Kier molecular flexibility index (Phi) is 3.90. The topological polar surface area (TPSA) is 44.5 Å². The van der Waals surface area contributed by atoms with Crippen molar-refractivity contribution in [3.63, 3.8) is 0 Å². The van der Waals surface area contributed by atoms with Crippen LogP contribution in [0.1, 0.15) is 6.42 Å². The summed E-state index contributed by atoms with van der Waals surface area (Å²) >= 11 is 0. The Morgan fingerprint density at radius 3 is 2.40 bits per heavy atom. The largest absolute Gasteiger partial charge is 0.448 e. The number of rotatable bonds is 4. The minimum absolute atomic E-state index is 0.622. The molecule has 0 fully saturated rings. The molecular formula is C22H19NO2. The van der Waals surface area contributed by atoms with Gasteiger partial charge >= 0.3 is 0 Å². The third-order valence-corrected chi connectivity index (χ3v) is 4.20. The van der Waals surface area contributed by atoms with Gasteiger partial charge in [-0.3, -0.25) is 0 Å².